The van der Waals surface area contributed by atoms with E-state index in [1.165, 1.54) is 0 Å². The molecule has 0 heterocycles. The lowest BCUT2D eigenvalue weighted by molar-refractivity contribution is -0.144. The second-order valence-corrected chi connectivity index (χ2v) is 31.9. The van der Waals surface area contributed by atoms with Crippen LogP contribution in [0.4, 0.5) is 0 Å². The molecule has 622 valence electrons. The number of carbonyl (C=O) groups is 5. The summed E-state index contributed by atoms with van der Waals surface area (Å²) in [4.78, 5) is 60.3. The van der Waals surface area contributed by atoms with Crippen LogP contribution in [0.25, 0.3) is 44.5 Å². The standard InChI is InChI=1S/C47H54O9.C39H46O7.C7H8O2.C4H5ClO/c1-31(2)44(50)55-29-46(5,6)27-53-25-40-22-37(18-19-39(40)24-48)33-10-14-35(15-11-33)43(49)36-16-12-34(13-17-36)38-20-21-42(52-9)41(23-38)26-54-28-47(7,8)30-56-45(51)32(3)4;1-38(2,23-40)25-45-21-33-19-31(15-17-35(33)43-5)27-7-11-29(12-8-27)37(42)30-13-9-28(10-14-30)32-16-18-36(44-6)34(20-32)22-46-26-39(3,4)24-41;1-9-7-4-2-6(8)3-5-7;1-3(2)4(5)6/h10-23,48H,1,3,24-30H2,2,4-9H3;7-20,40-41H,21-26H2,1-6H3;2-5,8H,1H3;1H2,2H3. The molecule has 0 aliphatic heterocycles. The Hall–Kier alpha value is -10.8. The lowest BCUT2D eigenvalue weighted by atomic mass is 9.95. The first kappa shape index (κ1) is 95.0. The molecule has 0 aliphatic carbocycles. The van der Waals surface area contributed by atoms with Crippen molar-refractivity contribution >= 4 is 40.3 Å². The highest BCUT2D eigenvalue weighted by molar-refractivity contribution is 6.67. The molecule has 0 unspecified atom stereocenters. The summed E-state index contributed by atoms with van der Waals surface area (Å²) in [6, 6.07) is 60.3. The molecule has 0 spiro atoms. The second-order valence-electron chi connectivity index (χ2n) is 31.6. The predicted molar refractivity (Wildman–Crippen MR) is 460 cm³/mol. The van der Waals surface area contributed by atoms with Crippen molar-refractivity contribution in [2.24, 2.45) is 21.7 Å². The monoisotopic (exact) mass is 1620 g/mol. The maximum absolute atomic E-state index is 13.5. The summed E-state index contributed by atoms with van der Waals surface area (Å²) < 4.78 is 56.0. The number of esters is 2. The summed E-state index contributed by atoms with van der Waals surface area (Å²) in [5, 5.41) is 37.3. The highest BCUT2D eigenvalue weighted by Gasteiger charge is 2.25. The molecular weight excluding hydrogens is 1500 g/mol. The molecule has 0 aromatic heterocycles. The summed E-state index contributed by atoms with van der Waals surface area (Å²) >= 11 is 4.87. The molecular formula is C97H113ClO19. The summed E-state index contributed by atoms with van der Waals surface area (Å²) in [5.41, 5.74) is 14.0. The molecule has 0 atom stereocenters. The van der Waals surface area contributed by atoms with Gasteiger partial charge in [0.1, 0.15) is 28.7 Å². The SMILES string of the molecule is C=C(C)C(=O)Cl.C=C(C)C(=O)OCC(C)(C)COCc1cc(-c2ccc(C(=O)c3ccc(-c4ccc(OC)c(COCC(C)(C)COC(=O)C(=C)C)c4)cc3)cc2)ccc1CO.COc1ccc(-c2ccc(C(=O)c3ccc(-c4ccc(OC)c(COCC(C)(C)CO)c4)cc3)cc2)cc1COCC(C)(C)CO.COc1ccc(O)cc1. The predicted octanol–water partition coefficient (Wildman–Crippen LogP) is 19.1. The van der Waals surface area contributed by atoms with Gasteiger partial charge in [0.05, 0.1) is 114 Å². The molecule has 19 nitrogen and oxygen atoms in total. The zero-order valence-electron chi connectivity index (χ0n) is 70.1. The molecule has 0 radical (unpaired) electrons. The van der Waals surface area contributed by atoms with Gasteiger partial charge in [0, 0.05) is 77.3 Å². The van der Waals surface area contributed by atoms with Crippen molar-refractivity contribution in [3.05, 3.63) is 281 Å². The minimum atomic E-state index is -0.463. The first-order valence-electron chi connectivity index (χ1n) is 38.1. The van der Waals surface area contributed by atoms with E-state index in [9.17, 15) is 39.3 Å². The van der Waals surface area contributed by atoms with Crippen molar-refractivity contribution in [1.82, 2.24) is 0 Å². The number of phenolic OH excluding ortho intramolecular Hbond substituents is 1. The van der Waals surface area contributed by atoms with Gasteiger partial charge in [0.2, 0.25) is 5.24 Å². The molecule has 0 fully saturated rings. The zero-order valence-corrected chi connectivity index (χ0v) is 70.8. The van der Waals surface area contributed by atoms with Crippen molar-refractivity contribution in [2.75, 3.05) is 81.3 Å². The molecule has 0 aliphatic rings. The van der Waals surface area contributed by atoms with Crippen LogP contribution in [0.15, 0.2) is 231 Å². The van der Waals surface area contributed by atoms with E-state index in [-0.39, 0.29) is 67.8 Å². The van der Waals surface area contributed by atoms with Gasteiger partial charge in [0.15, 0.2) is 11.6 Å². The Bertz CT molecular complexity index is 4510. The fraction of sp³-hybridized carbons (Fsp3) is 0.330. The topological polar surface area (TPSA) is 259 Å². The Balaban J connectivity index is 0.000000311. The summed E-state index contributed by atoms with van der Waals surface area (Å²) in [6.07, 6.45) is 0. The van der Waals surface area contributed by atoms with E-state index in [1.54, 1.807) is 73.5 Å². The summed E-state index contributed by atoms with van der Waals surface area (Å²) in [7, 11) is 6.47. The number of ether oxygens (including phenoxy) is 10. The van der Waals surface area contributed by atoms with Crippen molar-refractivity contribution < 1.29 is 91.8 Å². The molecule has 4 N–H and O–H groups in total. The smallest absolute Gasteiger partial charge is 0.333 e. The maximum Gasteiger partial charge on any atom is 0.333 e. The Kier molecular flexibility index (Phi) is 37.0. The van der Waals surface area contributed by atoms with Gasteiger partial charge in [-0.25, -0.2) is 9.59 Å². The summed E-state index contributed by atoms with van der Waals surface area (Å²) in [5.74, 6) is 2.20. The minimum Gasteiger partial charge on any atom is -0.508 e. The molecule has 9 aromatic carbocycles. The molecule has 0 saturated carbocycles. The molecule has 0 amide bonds. The van der Waals surface area contributed by atoms with Crippen LogP contribution in [0, 0.1) is 21.7 Å². The third kappa shape index (κ3) is 30.6. The van der Waals surface area contributed by atoms with E-state index in [0.29, 0.717) is 91.0 Å². The van der Waals surface area contributed by atoms with Gasteiger partial charge in [-0.15, -0.1) is 0 Å². The van der Waals surface area contributed by atoms with Crippen LogP contribution in [0.5, 0.6) is 28.7 Å². The Morgan fingerprint density at radius 2 is 0.598 bits per heavy atom. The number of methoxy groups -OCH3 is 4. The van der Waals surface area contributed by atoms with Crippen molar-refractivity contribution in [2.45, 2.75) is 109 Å². The number of ketones is 2. The average molecular weight is 1620 g/mol. The number of allylic oxidation sites excluding steroid dienone is 1. The third-order valence-corrected chi connectivity index (χ3v) is 18.6. The van der Waals surface area contributed by atoms with Gasteiger partial charge in [-0.1, -0.05) is 203 Å². The lowest BCUT2D eigenvalue weighted by Gasteiger charge is -2.24. The number of carbonyl (C=O) groups excluding carboxylic acids is 5. The minimum absolute atomic E-state index is 0.0465. The fourth-order valence-corrected chi connectivity index (χ4v) is 11.2. The van der Waals surface area contributed by atoms with Gasteiger partial charge in [-0.05, 0) is 155 Å². The van der Waals surface area contributed by atoms with Gasteiger partial charge in [-0.2, -0.15) is 0 Å². The van der Waals surface area contributed by atoms with E-state index in [4.69, 9.17) is 64.1 Å². The third-order valence-electron chi connectivity index (χ3n) is 18.3. The molecule has 9 aromatic rings. The van der Waals surface area contributed by atoms with Gasteiger partial charge in [-0.3, -0.25) is 14.4 Å². The molecule has 117 heavy (non-hydrogen) atoms. The first-order chi connectivity index (χ1) is 55.5. The highest BCUT2D eigenvalue weighted by atomic mass is 35.5. The Morgan fingerprint density at radius 1 is 0.333 bits per heavy atom. The average Bonchev–Trinajstić information content (AvgIpc) is 1.16. The Labute approximate surface area is 694 Å². The number of hydrogen-bond donors (Lipinski definition) is 4. The van der Waals surface area contributed by atoms with Crippen LogP contribution in [0.1, 0.15) is 136 Å². The van der Waals surface area contributed by atoms with Crippen molar-refractivity contribution in [3.8, 4) is 73.3 Å². The maximum atomic E-state index is 13.5. The lowest BCUT2D eigenvalue weighted by Crippen LogP contribution is -2.27. The number of halogens is 1. The number of aliphatic hydroxyl groups is 3. The highest BCUT2D eigenvalue weighted by Crippen LogP contribution is 2.34. The van der Waals surface area contributed by atoms with Gasteiger partial charge in [0.25, 0.3) is 0 Å². The molecule has 0 saturated heterocycles. The van der Waals surface area contributed by atoms with Crippen LogP contribution < -0.4 is 18.9 Å². The number of hydrogen-bond acceptors (Lipinski definition) is 19. The number of aliphatic hydroxyl groups excluding tert-OH is 3. The second kappa shape index (κ2) is 45.6. The number of phenols is 1. The Morgan fingerprint density at radius 3 is 0.855 bits per heavy atom. The van der Waals surface area contributed by atoms with Crippen molar-refractivity contribution in [1.29, 1.82) is 0 Å². The molecule has 9 rings (SSSR count). The van der Waals surface area contributed by atoms with Crippen LogP contribution in [-0.4, -0.2) is 130 Å². The normalized spacial score (nSPS) is 11.2. The zero-order chi connectivity index (χ0) is 86.2. The van der Waals surface area contributed by atoms with Crippen molar-refractivity contribution in [3.63, 3.8) is 0 Å². The first-order valence-corrected chi connectivity index (χ1v) is 38.5. The van der Waals surface area contributed by atoms with Gasteiger partial charge < -0.3 is 67.8 Å². The van der Waals surface area contributed by atoms with E-state index in [1.807, 2.05) is 225 Å². The van der Waals surface area contributed by atoms with E-state index < -0.39 is 28.0 Å². The fourth-order valence-electron chi connectivity index (χ4n) is 11.2. The molecule has 20 heteroatoms. The van der Waals surface area contributed by atoms with E-state index in [0.717, 1.165) is 89.6 Å². The van der Waals surface area contributed by atoms with Crippen LogP contribution >= 0.6 is 11.6 Å². The number of benzene rings is 9. The largest absolute Gasteiger partial charge is 0.508 e. The van der Waals surface area contributed by atoms with E-state index >= 15 is 0 Å². The van der Waals surface area contributed by atoms with Crippen LogP contribution in [0.3, 0.4) is 0 Å². The van der Waals surface area contributed by atoms with Crippen LogP contribution in [-0.2, 0) is 75.8 Å². The summed E-state index contributed by atoms with van der Waals surface area (Å²) in [6.45, 7) is 34.2. The van der Waals surface area contributed by atoms with Crippen LogP contribution in [0.2, 0.25) is 0 Å². The van der Waals surface area contributed by atoms with E-state index in [2.05, 4.69) is 19.7 Å². The van der Waals surface area contributed by atoms with Gasteiger partial charge >= 0.3 is 11.9 Å². The molecule has 0 bridgehead atoms. The number of aromatic hydroxyl groups is 1. The quantitative estimate of drug-likeness (QED) is 0.0121. The number of rotatable bonds is 38.